The van der Waals surface area contributed by atoms with Crippen LogP contribution in [0.2, 0.25) is 0 Å². The van der Waals surface area contributed by atoms with Gasteiger partial charge >= 0.3 is 0 Å². The van der Waals surface area contributed by atoms with Crippen molar-refractivity contribution in [3.05, 3.63) is 23.8 Å². The molecule has 114 valence electrons. The lowest BCUT2D eigenvalue weighted by molar-refractivity contribution is 0.307. The third kappa shape index (κ3) is 5.02. The van der Waals surface area contributed by atoms with Gasteiger partial charge in [0.15, 0.2) is 21.3 Å². The number of methoxy groups -OCH3 is 1. The number of nitrogens with one attached hydrogen (secondary N) is 1. The fourth-order valence-electron chi connectivity index (χ4n) is 1.90. The van der Waals surface area contributed by atoms with Gasteiger partial charge in [-0.15, -0.1) is 0 Å². The van der Waals surface area contributed by atoms with E-state index >= 15 is 0 Å². The molecule has 0 aromatic heterocycles. The summed E-state index contributed by atoms with van der Waals surface area (Å²) in [5.74, 6) is 1.45. The zero-order valence-corrected chi connectivity index (χ0v) is 13.1. The van der Waals surface area contributed by atoms with Crippen molar-refractivity contribution in [3.63, 3.8) is 0 Å². The van der Waals surface area contributed by atoms with Crippen LogP contribution in [0.25, 0.3) is 0 Å². The molecule has 6 heteroatoms. The van der Waals surface area contributed by atoms with Crippen LogP contribution in [0.1, 0.15) is 18.9 Å². The first-order valence-corrected chi connectivity index (χ1v) is 8.50. The van der Waals surface area contributed by atoms with Gasteiger partial charge in [0.05, 0.1) is 18.6 Å². The predicted octanol–water partition coefficient (Wildman–Crippen LogP) is 1.62. The zero-order chi connectivity index (χ0) is 15.0. The van der Waals surface area contributed by atoms with Gasteiger partial charge in [-0.3, -0.25) is 0 Å². The van der Waals surface area contributed by atoms with Crippen molar-refractivity contribution in [1.82, 2.24) is 5.32 Å². The first kappa shape index (κ1) is 16.8. The number of para-hydroxylation sites is 1. The maximum Gasteiger partial charge on any atom is 0.165 e. The van der Waals surface area contributed by atoms with E-state index < -0.39 is 9.84 Å². The van der Waals surface area contributed by atoms with Crippen LogP contribution in [0.4, 0.5) is 0 Å². The molecule has 0 fully saturated rings. The summed E-state index contributed by atoms with van der Waals surface area (Å²) < 4.78 is 34.2. The van der Waals surface area contributed by atoms with Crippen LogP contribution in [0.15, 0.2) is 18.2 Å². The number of benzene rings is 1. The number of ether oxygens (including phenoxy) is 2. The van der Waals surface area contributed by atoms with Crippen molar-refractivity contribution in [2.45, 2.75) is 19.9 Å². The molecule has 0 saturated heterocycles. The van der Waals surface area contributed by atoms with E-state index in [9.17, 15) is 8.42 Å². The van der Waals surface area contributed by atoms with Crippen molar-refractivity contribution < 1.29 is 17.9 Å². The minimum absolute atomic E-state index is 0.0257. The summed E-state index contributed by atoms with van der Waals surface area (Å²) in [5.41, 5.74) is 0.944. The van der Waals surface area contributed by atoms with Crippen LogP contribution < -0.4 is 14.8 Å². The monoisotopic (exact) mass is 301 g/mol. The number of hydrogen-bond donors (Lipinski definition) is 1. The lowest BCUT2D eigenvalue weighted by atomic mass is 10.2. The summed E-state index contributed by atoms with van der Waals surface area (Å²) in [7, 11) is 0.383. The first-order chi connectivity index (χ1) is 9.54. The number of rotatable bonds is 9. The molecule has 0 atom stereocenters. The Morgan fingerprint density at radius 1 is 1.25 bits per heavy atom. The maximum atomic E-state index is 11.7. The molecule has 0 aliphatic heterocycles. The minimum Gasteiger partial charge on any atom is -0.493 e. The van der Waals surface area contributed by atoms with E-state index in [1.165, 1.54) is 0 Å². The van der Waals surface area contributed by atoms with Crippen molar-refractivity contribution in [1.29, 1.82) is 0 Å². The highest BCUT2D eigenvalue weighted by molar-refractivity contribution is 7.91. The third-order valence-corrected chi connectivity index (χ3v) is 4.62. The third-order valence-electron chi connectivity index (χ3n) is 2.80. The Bertz CT molecular complexity index is 514. The molecule has 1 N–H and O–H groups in total. The van der Waals surface area contributed by atoms with E-state index in [1.807, 2.05) is 26.1 Å². The second-order valence-corrected chi connectivity index (χ2v) is 6.78. The van der Waals surface area contributed by atoms with Crippen molar-refractivity contribution in [2.75, 3.05) is 32.3 Å². The van der Waals surface area contributed by atoms with E-state index in [0.717, 1.165) is 5.56 Å². The zero-order valence-electron chi connectivity index (χ0n) is 12.3. The number of sulfone groups is 1. The molecule has 5 nitrogen and oxygen atoms in total. The van der Waals surface area contributed by atoms with Crippen LogP contribution in [-0.2, 0) is 16.4 Å². The van der Waals surface area contributed by atoms with Crippen LogP contribution in [0.5, 0.6) is 11.5 Å². The SMILES string of the molecule is CCCS(=O)(=O)CCOc1c(CNC)cccc1OC. The number of hydrogen-bond acceptors (Lipinski definition) is 5. The van der Waals surface area contributed by atoms with Gasteiger partial charge in [-0.05, 0) is 19.5 Å². The van der Waals surface area contributed by atoms with E-state index in [-0.39, 0.29) is 18.1 Å². The predicted molar refractivity (Wildman–Crippen MR) is 80.2 cm³/mol. The average Bonchev–Trinajstić information content (AvgIpc) is 2.40. The molecule has 0 aliphatic carbocycles. The normalized spacial score (nSPS) is 11.3. The fourth-order valence-corrected chi connectivity index (χ4v) is 3.06. The Balaban J connectivity index is 2.75. The van der Waals surface area contributed by atoms with Crippen LogP contribution >= 0.6 is 0 Å². The minimum atomic E-state index is -3.03. The second kappa shape index (κ2) is 8.11. The fraction of sp³-hybridized carbons (Fsp3) is 0.571. The summed E-state index contributed by atoms with van der Waals surface area (Å²) in [6.07, 6.45) is 0.627. The maximum absolute atomic E-state index is 11.7. The van der Waals surface area contributed by atoms with E-state index in [0.29, 0.717) is 24.5 Å². The van der Waals surface area contributed by atoms with Crippen LogP contribution in [0.3, 0.4) is 0 Å². The smallest absolute Gasteiger partial charge is 0.165 e. The van der Waals surface area contributed by atoms with Crippen LogP contribution in [-0.4, -0.2) is 40.7 Å². The van der Waals surface area contributed by atoms with Gasteiger partial charge in [-0.1, -0.05) is 19.1 Å². The molecule has 1 aromatic rings. The van der Waals surface area contributed by atoms with Crippen molar-refractivity contribution in [3.8, 4) is 11.5 Å². The molecule has 0 aliphatic rings. The summed E-state index contributed by atoms with van der Waals surface area (Å²) >= 11 is 0. The molecule has 0 bridgehead atoms. The highest BCUT2D eigenvalue weighted by Crippen LogP contribution is 2.31. The van der Waals surface area contributed by atoms with E-state index in [4.69, 9.17) is 9.47 Å². The average molecular weight is 301 g/mol. The standard InChI is InChI=1S/C14H23NO4S/c1-4-9-20(16,17)10-8-19-14-12(11-15-2)6-5-7-13(14)18-3/h5-7,15H,4,8-11H2,1-3H3. The van der Waals surface area contributed by atoms with Gasteiger partial charge in [0.2, 0.25) is 0 Å². The molecular formula is C14H23NO4S. The molecule has 0 saturated carbocycles. The largest absolute Gasteiger partial charge is 0.493 e. The second-order valence-electron chi connectivity index (χ2n) is 4.48. The van der Waals surface area contributed by atoms with Gasteiger partial charge in [-0.2, -0.15) is 0 Å². The Hall–Kier alpha value is -1.27. The topological polar surface area (TPSA) is 64.6 Å². The van der Waals surface area contributed by atoms with Gasteiger partial charge < -0.3 is 14.8 Å². The lowest BCUT2D eigenvalue weighted by Crippen LogP contribution is -2.18. The Morgan fingerprint density at radius 3 is 2.60 bits per heavy atom. The summed E-state index contributed by atoms with van der Waals surface area (Å²) in [4.78, 5) is 0. The Kier molecular flexibility index (Phi) is 6.81. The van der Waals surface area contributed by atoms with Crippen molar-refractivity contribution >= 4 is 9.84 Å². The molecule has 1 aromatic carbocycles. The molecule has 0 spiro atoms. The quantitative estimate of drug-likeness (QED) is 0.751. The van der Waals surface area contributed by atoms with E-state index in [2.05, 4.69) is 5.32 Å². The summed E-state index contributed by atoms with van der Waals surface area (Å²) in [5, 5.41) is 3.05. The van der Waals surface area contributed by atoms with E-state index in [1.54, 1.807) is 13.2 Å². The molecule has 0 heterocycles. The van der Waals surface area contributed by atoms with Gasteiger partial charge in [-0.25, -0.2) is 8.42 Å². The van der Waals surface area contributed by atoms with Crippen molar-refractivity contribution in [2.24, 2.45) is 0 Å². The lowest BCUT2D eigenvalue weighted by Gasteiger charge is -2.15. The summed E-state index contributed by atoms with van der Waals surface area (Å²) in [6.45, 7) is 2.62. The Morgan fingerprint density at radius 2 is 2.00 bits per heavy atom. The highest BCUT2D eigenvalue weighted by Gasteiger charge is 2.13. The first-order valence-electron chi connectivity index (χ1n) is 6.67. The Labute approximate surface area is 121 Å². The highest BCUT2D eigenvalue weighted by atomic mass is 32.2. The summed E-state index contributed by atoms with van der Waals surface area (Å²) in [6, 6.07) is 5.61. The molecule has 1 rings (SSSR count). The van der Waals surface area contributed by atoms with Crippen LogP contribution in [0, 0.1) is 0 Å². The molecule has 0 unspecified atom stereocenters. The molecule has 0 radical (unpaired) electrons. The molecule has 0 amide bonds. The molecular weight excluding hydrogens is 278 g/mol. The van der Waals surface area contributed by atoms with Gasteiger partial charge in [0.25, 0.3) is 0 Å². The molecule has 20 heavy (non-hydrogen) atoms. The van der Waals surface area contributed by atoms with Gasteiger partial charge in [0, 0.05) is 12.1 Å². The van der Waals surface area contributed by atoms with Gasteiger partial charge in [0.1, 0.15) is 6.61 Å².